The van der Waals surface area contributed by atoms with E-state index in [2.05, 4.69) is 77.8 Å². The molecule has 3 heteroatoms. The van der Waals surface area contributed by atoms with E-state index in [9.17, 15) is 0 Å². The second-order valence-electron chi connectivity index (χ2n) is 11.7. The van der Waals surface area contributed by atoms with E-state index in [4.69, 9.17) is 0 Å². The van der Waals surface area contributed by atoms with Crippen molar-refractivity contribution in [2.75, 3.05) is 6.54 Å². The average molecular weight is 336 g/mol. The molecule has 3 heterocycles. The molecule has 140 valence electrons. The minimum absolute atomic E-state index is 0.182. The molecule has 0 spiro atoms. The first kappa shape index (κ1) is 18.7. The Kier molecular flexibility index (Phi) is 4.42. The van der Waals surface area contributed by atoms with Crippen LogP contribution in [0, 0.1) is 28.6 Å². The lowest BCUT2D eigenvalue weighted by Crippen LogP contribution is -2.60. The summed E-state index contributed by atoms with van der Waals surface area (Å²) < 4.78 is 0. The summed E-state index contributed by atoms with van der Waals surface area (Å²) in [6, 6.07) is 0.614. The van der Waals surface area contributed by atoms with E-state index in [1.165, 1.54) is 19.4 Å². The highest BCUT2D eigenvalue weighted by Crippen LogP contribution is 2.57. The van der Waals surface area contributed by atoms with Gasteiger partial charge in [0.15, 0.2) is 0 Å². The van der Waals surface area contributed by atoms with Crippen molar-refractivity contribution in [1.82, 2.24) is 15.5 Å². The van der Waals surface area contributed by atoms with Crippen LogP contribution in [0.1, 0.15) is 75.2 Å². The van der Waals surface area contributed by atoms with Crippen molar-refractivity contribution in [2.45, 2.75) is 99.1 Å². The maximum atomic E-state index is 4.03. The Morgan fingerprint density at radius 1 is 0.875 bits per heavy atom. The lowest BCUT2D eigenvalue weighted by molar-refractivity contribution is -0.0182. The zero-order valence-electron chi connectivity index (χ0n) is 17.5. The number of likely N-dealkylation sites (tertiary alicyclic amines) is 1. The smallest absolute Gasteiger partial charge is 0.0652 e. The first-order valence-electron chi connectivity index (χ1n) is 10.1. The molecule has 0 saturated carbocycles. The minimum Gasteiger partial charge on any atom is -0.302 e. The molecule has 3 rings (SSSR count). The summed E-state index contributed by atoms with van der Waals surface area (Å²) in [5, 5.41) is 7.80. The maximum Gasteiger partial charge on any atom is 0.0652 e. The predicted molar refractivity (Wildman–Crippen MR) is 103 cm³/mol. The molecule has 0 aromatic heterocycles. The maximum absolute atomic E-state index is 4.03. The van der Waals surface area contributed by atoms with Crippen LogP contribution in [-0.2, 0) is 0 Å². The molecule has 6 atom stereocenters. The second-order valence-corrected chi connectivity index (χ2v) is 11.7. The molecule has 0 aromatic rings. The normalized spacial score (nSPS) is 41.4. The molecular weight excluding hydrogens is 294 g/mol. The van der Waals surface area contributed by atoms with Crippen molar-refractivity contribution in [1.29, 1.82) is 0 Å². The van der Waals surface area contributed by atoms with Gasteiger partial charge < -0.3 is 5.32 Å². The molecule has 3 fully saturated rings. The van der Waals surface area contributed by atoms with Crippen LogP contribution in [0.2, 0.25) is 0 Å². The molecule has 0 aliphatic carbocycles. The Bertz CT molecular complexity index is 465. The van der Waals surface area contributed by atoms with E-state index in [0.717, 1.165) is 17.8 Å². The predicted octanol–water partition coefficient (Wildman–Crippen LogP) is 4.05. The number of rotatable bonds is 0. The lowest BCUT2D eigenvalue weighted by atomic mass is 9.62. The van der Waals surface area contributed by atoms with Crippen molar-refractivity contribution < 1.29 is 0 Å². The summed E-state index contributed by atoms with van der Waals surface area (Å²) in [5.74, 6) is 2.26. The summed E-state index contributed by atoms with van der Waals surface area (Å²) in [5.41, 5.74) is 0.797. The SMILES string of the molecule is CC(C)(C)C1C2C3CCCNC3NC2N(C(C)(C)C)C1C(C)(C)C. The highest BCUT2D eigenvalue weighted by molar-refractivity contribution is 5.15. The standard InChI is InChI=1S/C21H41N3/c1-19(2,3)15-14-13-11-10-12-22-17(13)23-18(14)24(21(7,8)9)16(15)20(4,5)6/h13-18,22-23H,10-12H2,1-9H3. The van der Waals surface area contributed by atoms with E-state index in [0.29, 0.717) is 23.8 Å². The van der Waals surface area contributed by atoms with Crippen LogP contribution in [0.3, 0.4) is 0 Å². The Morgan fingerprint density at radius 2 is 1.50 bits per heavy atom. The molecule has 6 unspecified atom stereocenters. The Balaban J connectivity index is 2.09. The fourth-order valence-electron chi connectivity index (χ4n) is 6.17. The van der Waals surface area contributed by atoms with Crippen molar-refractivity contribution in [3.63, 3.8) is 0 Å². The molecule has 3 saturated heterocycles. The monoisotopic (exact) mass is 335 g/mol. The third kappa shape index (κ3) is 2.95. The number of fused-ring (bicyclic) bond motifs is 3. The van der Waals surface area contributed by atoms with Crippen molar-refractivity contribution in [3.05, 3.63) is 0 Å². The molecule has 3 aliphatic rings. The number of hydrogen-bond acceptors (Lipinski definition) is 3. The highest BCUT2D eigenvalue weighted by Gasteiger charge is 2.64. The average Bonchev–Trinajstić information content (AvgIpc) is 2.89. The quantitative estimate of drug-likeness (QED) is 0.699. The van der Waals surface area contributed by atoms with Crippen LogP contribution in [0.5, 0.6) is 0 Å². The number of piperidine rings is 1. The van der Waals surface area contributed by atoms with Gasteiger partial charge in [-0.1, -0.05) is 41.5 Å². The van der Waals surface area contributed by atoms with Gasteiger partial charge in [0, 0.05) is 11.6 Å². The van der Waals surface area contributed by atoms with Crippen LogP contribution in [-0.4, -0.2) is 35.4 Å². The van der Waals surface area contributed by atoms with Crippen LogP contribution in [0.25, 0.3) is 0 Å². The fraction of sp³-hybridized carbons (Fsp3) is 1.00. The first-order valence-corrected chi connectivity index (χ1v) is 10.1. The molecule has 0 bridgehead atoms. The Labute approximate surface area is 150 Å². The van der Waals surface area contributed by atoms with Crippen molar-refractivity contribution >= 4 is 0 Å². The number of nitrogens with one attached hydrogen (secondary N) is 2. The first-order chi connectivity index (χ1) is 10.8. The van der Waals surface area contributed by atoms with E-state index in [1.807, 2.05) is 0 Å². The van der Waals surface area contributed by atoms with Gasteiger partial charge in [0.25, 0.3) is 0 Å². The summed E-state index contributed by atoms with van der Waals surface area (Å²) in [7, 11) is 0. The lowest BCUT2D eigenvalue weighted by Gasteiger charge is -2.50. The highest BCUT2D eigenvalue weighted by atomic mass is 15.4. The van der Waals surface area contributed by atoms with Gasteiger partial charge >= 0.3 is 0 Å². The van der Waals surface area contributed by atoms with E-state index >= 15 is 0 Å². The summed E-state index contributed by atoms with van der Waals surface area (Å²) in [4.78, 5) is 2.85. The molecule has 2 N–H and O–H groups in total. The molecule has 3 aliphatic heterocycles. The topological polar surface area (TPSA) is 27.3 Å². The van der Waals surface area contributed by atoms with Gasteiger partial charge in [0.1, 0.15) is 0 Å². The minimum atomic E-state index is 0.182. The van der Waals surface area contributed by atoms with E-state index < -0.39 is 0 Å². The molecule has 0 aromatic carbocycles. The van der Waals surface area contributed by atoms with Crippen LogP contribution < -0.4 is 10.6 Å². The summed E-state index contributed by atoms with van der Waals surface area (Å²) >= 11 is 0. The third-order valence-electron chi connectivity index (χ3n) is 6.73. The molecule has 0 radical (unpaired) electrons. The zero-order valence-corrected chi connectivity index (χ0v) is 17.5. The summed E-state index contributed by atoms with van der Waals surface area (Å²) in [6.07, 6.45) is 3.75. The fourth-order valence-corrected chi connectivity index (χ4v) is 6.17. The molecule has 24 heavy (non-hydrogen) atoms. The number of nitrogens with zero attached hydrogens (tertiary/aromatic N) is 1. The summed E-state index contributed by atoms with van der Waals surface area (Å²) in [6.45, 7) is 23.2. The van der Waals surface area contributed by atoms with Crippen LogP contribution in [0.15, 0.2) is 0 Å². The third-order valence-corrected chi connectivity index (χ3v) is 6.73. The Morgan fingerprint density at radius 3 is 2.00 bits per heavy atom. The molecule has 3 nitrogen and oxygen atoms in total. The van der Waals surface area contributed by atoms with Gasteiger partial charge in [-0.3, -0.25) is 10.2 Å². The van der Waals surface area contributed by atoms with Gasteiger partial charge in [-0.2, -0.15) is 0 Å². The van der Waals surface area contributed by atoms with E-state index in [1.54, 1.807) is 0 Å². The van der Waals surface area contributed by atoms with Crippen molar-refractivity contribution in [2.24, 2.45) is 28.6 Å². The van der Waals surface area contributed by atoms with Crippen molar-refractivity contribution in [3.8, 4) is 0 Å². The van der Waals surface area contributed by atoms with Gasteiger partial charge in [0.2, 0.25) is 0 Å². The van der Waals surface area contributed by atoms with Crippen LogP contribution in [0.4, 0.5) is 0 Å². The van der Waals surface area contributed by atoms with Gasteiger partial charge in [-0.05, 0) is 68.7 Å². The van der Waals surface area contributed by atoms with E-state index in [-0.39, 0.29) is 11.0 Å². The van der Waals surface area contributed by atoms with Crippen LogP contribution >= 0.6 is 0 Å². The van der Waals surface area contributed by atoms with Gasteiger partial charge in [-0.15, -0.1) is 0 Å². The molecular formula is C21H41N3. The Hall–Kier alpha value is -0.120. The van der Waals surface area contributed by atoms with Gasteiger partial charge in [-0.25, -0.2) is 0 Å². The largest absolute Gasteiger partial charge is 0.302 e. The molecule has 0 amide bonds. The second kappa shape index (κ2) is 5.69. The zero-order chi connectivity index (χ0) is 18.1. The van der Waals surface area contributed by atoms with Gasteiger partial charge in [0.05, 0.1) is 12.3 Å². The number of hydrogen-bond donors (Lipinski definition) is 2.